The van der Waals surface area contributed by atoms with Crippen molar-refractivity contribution in [3.63, 3.8) is 0 Å². The summed E-state index contributed by atoms with van der Waals surface area (Å²) in [7, 11) is 0. The third-order valence-corrected chi connectivity index (χ3v) is 2.90. The van der Waals surface area contributed by atoms with Gasteiger partial charge in [0.1, 0.15) is 0 Å². The molecule has 0 heterocycles. The van der Waals surface area contributed by atoms with Gasteiger partial charge in [0.05, 0.1) is 0 Å². The number of rotatable bonds is 5. The van der Waals surface area contributed by atoms with E-state index in [9.17, 15) is 0 Å². The van der Waals surface area contributed by atoms with Crippen LogP contribution in [0.3, 0.4) is 0 Å². The van der Waals surface area contributed by atoms with Crippen LogP contribution in [0.1, 0.15) is 37.8 Å². The second kappa shape index (κ2) is 7.71. The largest absolute Gasteiger partial charge is 0.325 e. The maximum Gasteiger partial charge on any atom is 0.210 e. The first kappa shape index (κ1) is 14.5. The fourth-order valence-electron chi connectivity index (χ4n) is 1.79. The molecule has 0 fully saturated rings. The van der Waals surface area contributed by atoms with Crippen LogP contribution in [0.4, 0.5) is 5.69 Å². The predicted octanol–water partition coefficient (Wildman–Crippen LogP) is 2.59. The van der Waals surface area contributed by atoms with Crippen molar-refractivity contribution in [2.75, 3.05) is 11.9 Å². The molecule has 0 bridgehead atoms. The highest BCUT2D eigenvalue weighted by Crippen LogP contribution is 2.20. The maximum absolute atomic E-state index is 5.50. The molecule has 1 aromatic rings. The van der Waals surface area contributed by atoms with E-state index in [0.29, 0.717) is 5.96 Å². The molecule has 0 aliphatic rings. The van der Waals surface area contributed by atoms with E-state index in [1.807, 2.05) is 0 Å². The molecular formula is C14H24N4. The number of hydrogen-bond acceptors (Lipinski definition) is 2. The van der Waals surface area contributed by atoms with Crippen molar-refractivity contribution in [3.05, 3.63) is 29.3 Å². The lowest BCUT2D eigenvalue weighted by molar-refractivity contribution is 0.801. The molecule has 0 aromatic heterocycles. The normalized spacial score (nSPS) is 11.4. The van der Waals surface area contributed by atoms with E-state index < -0.39 is 0 Å². The van der Waals surface area contributed by atoms with Crippen LogP contribution < -0.4 is 16.6 Å². The summed E-state index contributed by atoms with van der Waals surface area (Å²) in [6.45, 7) is 7.16. The average molecular weight is 248 g/mol. The molecule has 0 saturated carbocycles. The van der Waals surface area contributed by atoms with Crippen LogP contribution in [0, 0.1) is 6.92 Å². The number of para-hydroxylation sites is 1. The number of aryl methyl sites for hydroxylation is 2. The topological polar surface area (TPSA) is 62.4 Å². The van der Waals surface area contributed by atoms with Gasteiger partial charge in [0.2, 0.25) is 5.96 Å². The monoisotopic (exact) mass is 248 g/mol. The summed E-state index contributed by atoms with van der Waals surface area (Å²) >= 11 is 0. The number of aliphatic imine (C=N–C) groups is 1. The Morgan fingerprint density at radius 3 is 2.72 bits per heavy atom. The lowest BCUT2D eigenvalue weighted by atomic mass is 10.1. The van der Waals surface area contributed by atoms with E-state index in [1.54, 1.807) is 0 Å². The minimum Gasteiger partial charge on any atom is -0.325 e. The first-order valence-electron chi connectivity index (χ1n) is 6.59. The summed E-state index contributed by atoms with van der Waals surface area (Å²) in [4.78, 5) is 4.41. The zero-order valence-corrected chi connectivity index (χ0v) is 11.6. The maximum atomic E-state index is 5.50. The zero-order chi connectivity index (χ0) is 13.4. The van der Waals surface area contributed by atoms with Crippen LogP contribution in [-0.2, 0) is 6.42 Å². The molecule has 0 amide bonds. The molecule has 1 rings (SSSR count). The van der Waals surface area contributed by atoms with E-state index in [4.69, 9.17) is 5.84 Å². The standard InChI is InChI=1S/C14H24N4/c1-4-6-10-16-14(18-15)17-13-11(3)8-7-9-12(13)5-2/h7-9H,4-6,10,15H2,1-3H3,(H2,16,17,18). The Labute approximate surface area is 110 Å². The van der Waals surface area contributed by atoms with E-state index >= 15 is 0 Å². The number of guanidine groups is 1. The number of hydrogen-bond donors (Lipinski definition) is 3. The lowest BCUT2D eigenvalue weighted by Crippen LogP contribution is -2.36. The SMILES string of the molecule is CCCCN=C(NN)Nc1c(C)cccc1CC. The number of benzene rings is 1. The van der Waals surface area contributed by atoms with Crippen LogP contribution in [0.5, 0.6) is 0 Å². The summed E-state index contributed by atoms with van der Waals surface area (Å²) in [6.07, 6.45) is 3.18. The van der Waals surface area contributed by atoms with Crippen molar-refractivity contribution in [1.82, 2.24) is 5.43 Å². The van der Waals surface area contributed by atoms with Gasteiger partial charge in [-0.3, -0.25) is 10.4 Å². The third kappa shape index (κ3) is 4.04. The van der Waals surface area contributed by atoms with Gasteiger partial charge in [-0.15, -0.1) is 0 Å². The second-order valence-electron chi connectivity index (χ2n) is 4.32. The van der Waals surface area contributed by atoms with Crippen LogP contribution in [0.2, 0.25) is 0 Å². The Kier molecular flexibility index (Phi) is 6.22. The lowest BCUT2D eigenvalue weighted by Gasteiger charge is -2.15. The van der Waals surface area contributed by atoms with Gasteiger partial charge in [-0.2, -0.15) is 0 Å². The van der Waals surface area contributed by atoms with Crippen molar-refractivity contribution in [2.45, 2.75) is 40.0 Å². The molecule has 18 heavy (non-hydrogen) atoms. The third-order valence-electron chi connectivity index (χ3n) is 2.90. The van der Waals surface area contributed by atoms with Crippen LogP contribution >= 0.6 is 0 Å². The van der Waals surface area contributed by atoms with E-state index in [1.165, 1.54) is 11.1 Å². The minimum absolute atomic E-state index is 0.632. The molecule has 100 valence electrons. The van der Waals surface area contributed by atoms with Crippen molar-refractivity contribution in [3.8, 4) is 0 Å². The van der Waals surface area contributed by atoms with Gasteiger partial charge in [-0.25, -0.2) is 5.84 Å². The van der Waals surface area contributed by atoms with E-state index in [0.717, 1.165) is 31.5 Å². The quantitative estimate of drug-likeness (QED) is 0.247. The van der Waals surface area contributed by atoms with Gasteiger partial charge < -0.3 is 5.32 Å². The van der Waals surface area contributed by atoms with Gasteiger partial charge in [0.15, 0.2) is 0 Å². The highest BCUT2D eigenvalue weighted by atomic mass is 15.3. The van der Waals surface area contributed by atoms with Gasteiger partial charge in [-0.05, 0) is 30.9 Å². The summed E-state index contributed by atoms with van der Waals surface area (Å²) in [5.41, 5.74) is 6.21. The molecule has 0 aliphatic heterocycles. The summed E-state index contributed by atoms with van der Waals surface area (Å²) in [5.74, 6) is 6.13. The summed E-state index contributed by atoms with van der Waals surface area (Å²) < 4.78 is 0. The van der Waals surface area contributed by atoms with E-state index in [-0.39, 0.29) is 0 Å². The summed E-state index contributed by atoms with van der Waals surface area (Å²) in [6, 6.07) is 6.28. The molecule has 4 heteroatoms. The Hall–Kier alpha value is -1.55. The molecule has 1 aromatic carbocycles. The van der Waals surface area contributed by atoms with Crippen molar-refractivity contribution in [1.29, 1.82) is 0 Å². The highest BCUT2D eigenvalue weighted by Gasteiger charge is 2.05. The Morgan fingerprint density at radius 2 is 2.11 bits per heavy atom. The average Bonchev–Trinajstić information content (AvgIpc) is 2.39. The molecule has 0 saturated heterocycles. The van der Waals surface area contributed by atoms with Gasteiger partial charge in [0.25, 0.3) is 0 Å². The fraction of sp³-hybridized carbons (Fsp3) is 0.500. The van der Waals surface area contributed by atoms with Crippen LogP contribution in [0.25, 0.3) is 0 Å². The van der Waals surface area contributed by atoms with Crippen molar-refractivity contribution >= 4 is 11.6 Å². The molecule has 0 atom stereocenters. The van der Waals surface area contributed by atoms with Crippen LogP contribution in [0.15, 0.2) is 23.2 Å². The number of anilines is 1. The zero-order valence-electron chi connectivity index (χ0n) is 11.6. The Morgan fingerprint density at radius 1 is 1.33 bits per heavy atom. The molecule has 0 unspecified atom stereocenters. The molecular weight excluding hydrogens is 224 g/mol. The number of nitrogens with two attached hydrogens (primary N) is 1. The molecule has 0 spiro atoms. The molecule has 4 N–H and O–H groups in total. The van der Waals surface area contributed by atoms with Gasteiger partial charge in [0, 0.05) is 12.2 Å². The second-order valence-corrected chi connectivity index (χ2v) is 4.32. The molecule has 4 nitrogen and oxygen atoms in total. The first-order chi connectivity index (χ1) is 8.72. The van der Waals surface area contributed by atoms with Crippen LogP contribution in [-0.4, -0.2) is 12.5 Å². The summed E-state index contributed by atoms with van der Waals surface area (Å²) in [5, 5.41) is 3.29. The smallest absolute Gasteiger partial charge is 0.210 e. The Balaban J connectivity index is 2.84. The van der Waals surface area contributed by atoms with Crippen molar-refractivity contribution in [2.24, 2.45) is 10.8 Å². The van der Waals surface area contributed by atoms with Gasteiger partial charge >= 0.3 is 0 Å². The van der Waals surface area contributed by atoms with Crippen molar-refractivity contribution < 1.29 is 0 Å². The Bertz CT molecular complexity index is 399. The predicted molar refractivity (Wildman–Crippen MR) is 78.7 cm³/mol. The molecule has 0 radical (unpaired) electrons. The minimum atomic E-state index is 0.632. The first-order valence-corrected chi connectivity index (χ1v) is 6.59. The number of nitrogens with zero attached hydrogens (tertiary/aromatic N) is 1. The highest BCUT2D eigenvalue weighted by molar-refractivity contribution is 5.94. The number of nitrogens with one attached hydrogen (secondary N) is 2. The number of unbranched alkanes of at least 4 members (excludes halogenated alkanes) is 1. The molecule has 0 aliphatic carbocycles. The van der Waals surface area contributed by atoms with E-state index in [2.05, 4.69) is 54.7 Å². The fourth-order valence-corrected chi connectivity index (χ4v) is 1.79. The van der Waals surface area contributed by atoms with Gasteiger partial charge in [-0.1, -0.05) is 38.5 Å². The number of hydrazine groups is 1.